The standard InChI is InChI=1S/C17H17P.2ClH.Zr/c1-2-13-18(15-8-4-5-9-15)17-12-11-14-7-3-6-10-16(14)17;;;/h3-4,6-8,10-12H,2,5,13H2,1H3;2*1H;/q-2;;;+4/p-2. The molecule has 0 aromatic heterocycles. The van der Waals surface area contributed by atoms with Crippen molar-refractivity contribution >= 4 is 24.0 Å². The third-order valence-electron chi connectivity index (χ3n) is 3.36. The average Bonchev–Trinajstić information content (AvgIpc) is 3.06. The van der Waals surface area contributed by atoms with Crippen LogP contribution in [0.25, 0.3) is 10.8 Å². The molecule has 0 spiro atoms. The minimum atomic E-state index is -0.201. The third-order valence-corrected chi connectivity index (χ3v) is 6.12. The molecule has 0 nitrogen and oxygen atoms in total. The van der Waals surface area contributed by atoms with Crippen LogP contribution in [0.1, 0.15) is 19.8 Å². The predicted octanol–water partition coefficient (Wildman–Crippen LogP) is -1.27. The molecular formula is C17H17Cl2PZr. The van der Waals surface area contributed by atoms with Gasteiger partial charge in [0.05, 0.1) is 0 Å². The molecule has 0 amide bonds. The summed E-state index contributed by atoms with van der Waals surface area (Å²) in [6.07, 6.45) is 11.5. The largest absolute Gasteiger partial charge is 4.00 e. The summed E-state index contributed by atoms with van der Waals surface area (Å²) in [4.78, 5) is 0. The fraction of sp³-hybridized carbons (Fsp3) is 0.235. The first-order valence-electron chi connectivity index (χ1n) is 6.59. The van der Waals surface area contributed by atoms with E-state index in [4.69, 9.17) is 0 Å². The normalized spacial score (nSPS) is 13.9. The summed E-state index contributed by atoms with van der Waals surface area (Å²) in [6.45, 7) is 2.28. The van der Waals surface area contributed by atoms with E-state index in [9.17, 15) is 0 Å². The van der Waals surface area contributed by atoms with E-state index in [2.05, 4.69) is 61.5 Å². The van der Waals surface area contributed by atoms with E-state index in [1.165, 1.54) is 34.0 Å². The second kappa shape index (κ2) is 10.1. The van der Waals surface area contributed by atoms with E-state index < -0.39 is 0 Å². The Bertz CT molecular complexity index is 616. The van der Waals surface area contributed by atoms with Crippen LogP contribution in [-0.2, 0) is 26.2 Å². The van der Waals surface area contributed by atoms with Crippen molar-refractivity contribution < 1.29 is 51.0 Å². The van der Waals surface area contributed by atoms with Crippen LogP contribution in [0.2, 0.25) is 0 Å². The van der Waals surface area contributed by atoms with Crippen LogP contribution in [0, 0.1) is 6.08 Å². The van der Waals surface area contributed by atoms with Crippen LogP contribution >= 0.6 is 7.92 Å². The summed E-state index contributed by atoms with van der Waals surface area (Å²) in [6, 6.07) is 13.3. The van der Waals surface area contributed by atoms with Crippen LogP contribution in [-0.4, -0.2) is 6.16 Å². The van der Waals surface area contributed by atoms with Gasteiger partial charge in [0, 0.05) is 0 Å². The molecule has 21 heavy (non-hydrogen) atoms. The minimum Gasteiger partial charge on any atom is -1.00 e. The number of rotatable bonds is 4. The first kappa shape index (κ1) is 21.2. The number of benzene rings is 1. The minimum absolute atomic E-state index is 0. The molecule has 2 aromatic rings. The van der Waals surface area contributed by atoms with Crippen molar-refractivity contribution in [2.24, 2.45) is 0 Å². The molecule has 108 valence electrons. The first-order valence-corrected chi connectivity index (χ1v) is 8.12. The van der Waals surface area contributed by atoms with Crippen molar-refractivity contribution in [1.29, 1.82) is 0 Å². The maximum absolute atomic E-state index is 3.53. The molecule has 0 saturated carbocycles. The summed E-state index contributed by atoms with van der Waals surface area (Å²) in [5.41, 5.74) is 0. The smallest absolute Gasteiger partial charge is 1.00 e. The Hall–Kier alpha value is 0.203. The Morgan fingerprint density at radius 3 is 2.62 bits per heavy atom. The molecular weight excluding hydrogens is 397 g/mol. The molecule has 0 saturated heterocycles. The van der Waals surface area contributed by atoms with Crippen molar-refractivity contribution in [2.75, 3.05) is 6.16 Å². The van der Waals surface area contributed by atoms with Crippen LogP contribution in [0.5, 0.6) is 0 Å². The van der Waals surface area contributed by atoms with E-state index >= 15 is 0 Å². The maximum atomic E-state index is 3.53. The van der Waals surface area contributed by atoms with Crippen molar-refractivity contribution in [3.8, 4) is 0 Å². The van der Waals surface area contributed by atoms with Crippen molar-refractivity contribution in [3.05, 3.63) is 59.9 Å². The summed E-state index contributed by atoms with van der Waals surface area (Å²) in [5.74, 6) is 0. The fourth-order valence-electron chi connectivity index (χ4n) is 2.54. The van der Waals surface area contributed by atoms with Gasteiger partial charge in [0.15, 0.2) is 0 Å². The van der Waals surface area contributed by atoms with Gasteiger partial charge in [-0.3, -0.25) is 6.08 Å². The molecule has 4 heteroatoms. The first-order chi connectivity index (χ1) is 8.90. The van der Waals surface area contributed by atoms with E-state index in [0.29, 0.717) is 0 Å². The Morgan fingerprint density at radius 1 is 1.19 bits per heavy atom. The molecule has 3 rings (SSSR count). The zero-order valence-corrected chi connectivity index (χ0v) is 16.8. The number of allylic oxidation sites excluding steroid dienone is 4. The summed E-state index contributed by atoms with van der Waals surface area (Å²) in [7, 11) is -0.201. The molecule has 0 bridgehead atoms. The van der Waals surface area contributed by atoms with Gasteiger partial charge >= 0.3 is 26.2 Å². The fourth-order valence-corrected chi connectivity index (χ4v) is 5.05. The molecule has 1 unspecified atom stereocenters. The molecule has 0 radical (unpaired) electrons. The van der Waals surface area contributed by atoms with Gasteiger partial charge < -0.3 is 24.8 Å². The van der Waals surface area contributed by atoms with E-state index in [1.54, 1.807) is 0 Å². The second-order valence-corrected chi connectivity index (χ2v) is 6.89. The molecule has 2 aromatic carbocycles. The summed E-state index contributed by atoms with van der Waals surface area (Å²) >= 11 is 0. The van der Waals surface area contributed by atoms with Gasteiger partial charge in [-0.2, -0.15) is 12.1 Å². The number of fused-ring (bicyclic) bond motifs is 1. The summed E-state index contributed by atoms with van der Waals surface area (Å²) in [5, 5.41) is 5.80. The number of hydrogen-bond donors (Lipinski definition) is 0. The monoisotopic (exact) mass is 412 g/mol. The summed E-state index contributed by atoms with van der Waals surface area (Å²) < 4.78 is 0. The van der Waals surface area contributed by atoms with Gasteiger partial charge in [-0.05, 0) is 6.16 Å². The van der Waals surface area contributed by atoms with Gasteiger partial charge in [-0.25, -0.2) is 11.4 Å². The number of halogens is 2. The topological polar surface area (TPSA) is 0 Å². The van der Waals surface area contributed by atoms with Crippen LogP contribution < -0.4 is 30.1 Å². The predicted molar refractivity (Wildman–Crippen MR) is 81.8 cm³/mol. The van der Waals surface area contributed by atoms with E-state index in [0.717, 1.165) is 6.42 Å². The Morgan fingerprint density at radius 2 is 1.95 bits per heavy atom. The molecule has 1 atom stereocenters. The number of hydrogen-bond acceptors (Lipinski definition) is 0. The Kier molecular flexibility index (Phi) is 10.2. The third kappa shape index (κ3) is 4.59. The Labute approximate surface area is 160 Å². The molecule has 1 aliphatic carbocycles. The van der Waals surface area contributed by atoms with Crippen molar-refractivity contribution in [2.45, 2.75) is 19.8 Å². The van der Waals surface area contributed by atoms with Crippen LogP contribution in [0.3, 0.4) is 0 Å². The van der Waals surface area contributed by atoms with Gasteiger partial charge in [0.2, 0.25) is 0 Å². The molecule has 1 aliphatic rings. The maximum Gasteiger partial charge on any atom is 4.00 e. The SMILES string of the molecule is CCCP(C1=[C-]CC=C1)[c-]1ccc2ccccc21.[Cl-].[Cl-].[Zr+4]. The van der Waals surface area contributed by atoms with Crippen LogP contribution in [0.15, 0.2) is 53.9 Å². The van der Waals surface area contributed by atoms with Gasteiger partial charge in [0.1, 0.15) is 0 Å². The van der Waals surface area contributed by atoms with Crippen molar-refractivity contribution in [3.63, 3.8) is 0 Å². The van der Waals surface area contributed by atoms with E-state index in [1.807, 2.05) is 0 Å². The zero-order valence-electron chi connectivity index (χ0n) is 11.9. The molecule has 0 N–H and O–H groups in total. The van der Waals surface area contributed by atoms with Gasteiger partial charge in [0.25, 0.3) is 0 Å². The Balaban J connectivity index is 0.00000133. The van der Waals surface area contributed by atoms with Crippen molar-refractivity contribution in [1.82, 2.24) is 0 Å². The van der Waals surface area contributed by atoms with Crippen LogP contribution in [0.4, 0.5) is 0 Å². The zero-order chi connectivity index (χ0) is 12.4. The second-order valence-electron chi connectivity index (χ2n) is 4.63. The van der Waals surface area contributed by atoms with Gasteiger partial charge in [-0.15, -0.1) is 54.7 Å². The quantitative estimate of drug-likeness (QED) is 0.433. The molecule has 0 aliphatic heterocycles. The average molecular weight is 414 g/mol. The molecule has 0 heterocycles. The van der Waals surface area contributed by atoms with E-state index in [-0.39, 0.29) is 58.9 Å². The molecule has 0 fully saturated rings. The van der Waals surface area contributed by atoms with Gasteiger partial charge in [-0.1, -0.05) is 19.4 Å².